The third-order valence-electron chi connectivity index (χ3n) is 2.91. The molecular formula is C12H15ClFN3O. The molecule has 1 aliphatic heterocycles. The second-order valence-corrected chi connectivity index (χ2v) is 4.69. The lowest BCUT2D eigenvalue weighted by Gasteiger charge is -2.32. The molecule has 1 fully saturated rings. The van der Waals surface area contributed by atoms with Gasteiger partial charge >= 0.3 is 0 Å². The summed E-state index contributed by atoms with van der Waals surface area (Å²) in [5.74, 6) is -0.308. The summed E-state index contributed by atoms with van der Waals surface area (Å²) in [6.07, 6.45) is -0.363. The molecule has 0 amide bonds. The first-order valence-electron chi connectivity index (χ1n) is 5.68. The normalized spacial score (nSPS) is 20.9. The van der Waals surface area contributed by atoms with E-state index in [0.717, 1.165) is 12.1 Å². The van der Waals surface area contributed by atoms with Gasteiger partial charge in [-0.2, -0.15) is 0 Å². The topological polar surface area (TPSA) is 62.3 Å². The van der Waals surface area contributed by atoms with E-state index in [1.54, 1.807) is 6.07 Å². The van der Waals surface area contributed by atoms with Crippen LogP contribution in [0.5, 0.6) is 0 Å². The van der Waals surface area contributed by atoms with Crippen molar-refractivity contribution in [3.05, 3.63) is 34.6 Å². The van der Waals surface area contributed by atoms with Crippen molar-refractivity contribution in [1.82, 2.24) is 4.90 Å². The highest BCUT2D eigenvalue weighted by molar-refractivity contribution is 6.31. The van der Waals surface area contributed by atoms with E-state index in [0.29, 0.717) is 24.7 Å². The van der Waals surface area contributed by atoms with Crippen LogP contribution in [0.1, 0.15) is 5.56 Å². The highest BCUT2D eigenvalue weighted by Crippen LogP contribution is 2.20. The van der Waals surface area contributed by atoms with Crippen LogP contribution < -0.4 is 5.73 Å². The Bertz CT molecular complexity index is 455. The van der Waals surface area contributed by atoms with Gasteiger partial charge in [-0.3, -0.25) is 10.3 Å². The molecule has 1 aromatic rings. The van der Waals surface area contributed by atoms with Crippen LogP contribution in [-0.4, -0.2) is 36.5 Å². The number of morpholine rings is 1. The Kier molecular flexibility index (Phi) is 4.16. The molecular weight excluding hydrogens is 257 g/mol. The van der Waals surface area contributed by atoms with E-state index in [4.69, 9.17) is 27.5 Å². The second-order valence-electron chi connectivity index (χ2n) is 4.29. The van der Waals surface area contributed by atoms with Gasteiger partial charge in [-0.05, 0) is 17.7 Å². The molecule has 1 aromatic carbocycles. The zero-order chi connectivity index (χ0) is 13.1. The third-order valence-corrected chi connectivity index (χ3v) is 3.26. The van der Waals surface area contributed by atoms with Crippen molar-refractivity contribution in [1.29, 1.82) is 5.41 Å². The average Bonchev–Trinajstić information content (AvgIpc) is 2.33. The van der Waals surface area contributed by atoms with Crippen LogP contribution in [0.25, 0.3) is 0 Å². The van der Waals surface area contributed by atoms with Gasteiger partial charge in [0.05, 0.1) is 6.61 Å². The molecule has 3 N–H and O–H groups in total. The Labute approximate surface area is 110 Å². The van der Waals surface area contributed by atoms with Gasteiger partial charge in [-0.15, -0.1) is 0 Å². The van der Waals surface area contributed by atoms with Gasteiger partial charge in [0.2, 0.25) is 0 Å². The number of rotatable bonds is 3. The van der Waals surface area contributed by atoms with Crippen molar-refractivity contribution in [2.24, 2.45) is 5.73 Å². The number of benzene rings is 1. The standard InChI is InChI=1S/C12H15ClFN3O/c13-10-5-9(14)2-1-8(10)6-17-3-4-18-11(7-17)12(15)16/h1-2,5,11H,3-4,6-7H2,(H3,15,16). The molecule has 0 radical (unpaired) electrons. The number of ether oxygens (including phenoxy) is 1. The summed E-state index contributed by atoms with van der Waals surface area (Å²) in [5, 5.41) is 7.80. The van der Waals surface area contributed by atoms with Crippen LogP contribution in [0.15, 0.2) is 18.2 Å². The van der Waals surface area contributed by atoms with Crippen LogP contribution in [0.2, 0.25) is 5.02 Å². The molecule has 6 heteroatoms. The first-order chi connectivity index (χ1) is 8.56. The Morgan fingerprint density at radius 2 is 2.39 bits per heavy atom. The van der Waals surface area contributed by atoms with Crippen molar-refractivity contribution in [2.45, 2.75) is 12.6 Å². The Hall–Kier alpha value is -1.17. The summed E-state index contributed by atoms with van der Waals surface area (Å²) in [7, 11) is 0. The minimum Gasteiger partial charge on any atom is -0.385 e. The molecule has 98 valence electrons. The van der Waals surface area contributed by atoms with E-state index in [2.05, 4.69) is 4.90 Å². The largest absolute Gasteiger partial charge is 0.385 e. The SMILES string of the molecule is N=C(N)C1CN(Cc2ccc(F)cc2Cl)CCO1. The van der Waals surface area contributed by atoms with E-state index in [1.807, 2.05) is 0 Å². The van der Waals surface area contributed by atoms with E-state index in [1.165, 1.54) is 12.1 Å². The Morgan fingerprint density at radius 1 is 1.61 bits per heavy atom. The number of nitrogens with zero attached hydrogens (tertiary/aromatic N) is 1. The number of hydrogen-bond acceptors (Lipinski definition) is 3. The summed E-state index contributed by atoms with van der Waals surface area (Å²) < 4.78 is 18.3. The van der Waals surface area contributed by atoms with Gasteiger partial charge in [0, 0.05) is 24.7 Å². The van der Waals surface area contributed by atoms with Crippen molar-refractivity contribution < 1.29 is 9.13 Å². The van der Waals surface area contributed by atoms with Crippen molar-refractivity contribution in [3.63, 3.8) is 0 Å². The average molecular weight is 272 g/mol. The third kappa shape index (κ3) is 3.19. The van der Waals surface area contributed by atoms with Crippen LogP contribution in [0, 0.1) is 11.2 Å². The first-order valence-corrected chi connectivity index (χ1v) is 6.06. The van der Waals surface area contributed by atoms with Gasteiger partial charge in [0.15, 0.2) is 0 Å². The van der Waals surface area contributed by atoms with Crippen molar-refractivity contribution in [3.8, 4) is 0 Å². The van der Waals surface area contributed by atoms with E-state index in [-0.39, 0.29) is 17.8 Å². The molecule has 0 bridgehead atoms. The molecule has 1 aliphatic rings. The number of halogens is 2. The summed E-state index contributed by atoms with van der Waals surface area (Å²) in [5.41, 5.74) is 6.29. The molecule has 1 heterocycles. The quantitative estimate of drug-likeness (QED) is 0.649. The minimum atomic E-state index is -0.363. The van der Waals surface area contributed by atoms with E-state index >= 15 is 0 Å². The molecule has 18 heavy (non-hydrogen) atoms. The lowest BCUT2D eigenvalue weighted by Crippen LogP contribution is -2.47. The van der Waals surface area contributed by atoms with Crippen LogP contribution in [0.4, 0.5) is 4.39 Å². The summed E-state index contributed by atoms with van der Waals surface area (Å²) in [4.78, 5) is 2.09. The zero-order valence-electron chi connectivity index (χ0n) is 9.83. The van der Waals surface area contributed by atoms with E-state index in [9.17, 15) is 4.39 Å². The number of nitrogens with one attached hydrogen (secondary N) is 1. The van der Waals surface area contributed by atoms with Crippen molar-refractivity contribution in [2.75, 3.05) is 19.7 Å². The molecule has 1 saturated heterocycles. The molecule has 4 nitrogen and oxygen atoms in total. The summed E-state index contributed by atoms with van der Waals surface area (Å²) in [6, 6.07) is 4.37. The molecule has 1 unspecified atom stereocenters. The highest BCUT2D eigenvalue weighted by atomic mass is 35.5. The fourth-order valence-corrected chi connectivity index (χ4v) is 2.15. The Balaban J connectivity index is 2.02. The first kappa shape index (κ1) is 13.3. The summed E-state index contributed by atoms with van der Waals surface area (Å²) in [6.45, 7) is 2.44. The Morgan fingerprint density at radius 3 is 3.06 bits per heavy atom. The maximum atomic E-state index is 12.9. The number of amidine groups is 1. The van der Waals surface area contributed by atoms with Crippen LogP contribution in [-0.2, 0) is 11.3 Å². The van der Waals surface area contributed by atoms with Crippen LogP contribution in [0.3, 0.4) is 0 Å². The number of nitrogens with two attached hydrogens (primary N) is 1. The van der Waals surface area contributed by atoms with Gasteiger partial charge in [-0.25, -0.2) is 4.39 Å². The molecule has 0 aromatic heterocycles. The molecule has 1 atom stereocenters. The van der Waals surface area contributed by atoms with Gasteiger partial charge in [0.1, 0.15) is 17.8 Å². The fourth-order valence-electron chi connectivity index (χ4n) is 1.93. The smallest absolute Gasteiger partial charge is 0.127 e. The van der Waals surface area contributed by atoms with Gasteiger partial charge < -0.3 is 10.5 Å². The lowest BCUT2D eigenvalue weighted by atomic mass is 10.1. The molecule has 2 rings (SSSR count). The molecule has 0 aliphatic carbocycles. The van der Waals surface area contributed by atoms with Crippen molar-refractivity contribution >= 4 is 17.4 Å². The molecule has 0 saturated carbocycles. The fraction of sp³-hybridized carbons (Fsp3) is 0.417. The number of hydrogen-bond donors (Lipinski definition) is 2. The molecule has 0 spiro atoms. The lowest BCUT2D eigenvalue weighted by molar-refractivity contribution is 0.00236. The highest BCUT2D eigenvalue weighted by Gasteiger charge is 2.23. The predicted molar refractivity (Wildman–Crippen MR) is 68.3 cm³/mol. The van der Waals surface area contributed by atoms with E-state index < -0.39 is 0 Å². The zero-order valence-corrected chi connectivity index (χ0v) is 10.6. The summed E-state index contributed by atoms with van der Waals surface area (Å²) >= 11 is 5.98. The van der Waals surface area contributed by atoms with Crippen LogP contribution >= 0.6 is 11.6 Å². The maximum Gasteiger partial charge on any atom is 0.127 e. The van der Waals surface area contributed by atoms with Gasteiger partial charge in [-0.1, -0.05) is 17.7 Å². The predicted octanol–water partition coefficient (Wildman–Crippen LogP) is 1.62. The maximum absolute atomic E-state index is 12.9. The van der Waals surface area contributed by atoms with Gasteiger partial charge in [0.25, 0.3) is 0 Å². The second kappa shape index (κ2) is 5.65. The minimum absolute atomic E-state index is 0.0323. The monoisotopic (exact) mass is 271 g/mol.